The number of hydrogen-bond acceptors (Lipinski definition) is 6. The van der Waals surface area contributed by atoms with Crippen LogP contribution in [0.15, 0.2) is 80.6 Å². The third-order valence-electron chi connectivity index (χ3n) is 6.59. The van der Waals surface area contributed by atoms with Gasteiger partial charge in [0.1, 0.15) is 17.6 Å². The average Bonchev–Trinajstić information content (AvgIpc) is 3.63. The van der Waals surface area contributed by atoms with E-state index in [0.717, 1.165) is 41.9 Å². The molecule has 1 saturated carbocycles. The Balaban J connectivity index is 1.35. The number of carbonyl (C=O) groups excluding carboxylic acids is 2. The molecule has 7 heteroatoms. The SMILES string of the molecule is CC(C)c1ccc(C(=O)OCC(=O)N2N=C3C(=Cc4ccco4)CCCC3C2c2ccco2)cc1. The molecule has 2 aliphatic rings. The van der Waals surface area contributed by atoms with Gasteiger partial charge in [-0.05, 0) is 78.8 Å². The van der Waals surface area contributed by atoms with E-state index in [1.807, 2.05) is 36.4 Å². The number of ether oxygens (including phenoxy) is 1. The van der Waals surface area contributed by atoms with Gasteiger partial charge in [-0.1, -0.05) is 26.0 Å². The third-order valence-corrected chi connectivity index (χ3v) is 6.59. The number of allylic oxidation sites excluding steroid dienone is 1. The Labute approximate surface area is 204 Å². The molecule has 1 amide bonds. The third kappa shape index (κ3) is 4.71. The van der Waals surface area contributed by atoms with Crippen molar-refractivity contribution < 1.29 is 23.2 Å². The molecule has 3 aromatic rings. The molecule has 2 aromatic heterocycles. The van der Waals surface area contributed by atoms with E-state index in [0.29, 0.717) is 17.2 Å². The number of hydrogen-bond donors (Lipinski definition) is 0. The highest BCUT2D eigenvalue weighted by molar-refractivity contribution is 6.08. The van der Waals surface area contributed by atoms with Crippen molar-refractivity contribution in [2.75, 3.05) is 6.61 Å². The maximum absolute atomic E-state index is 13.3. The summed E-state index contributed by atoms with van der Waals surface area (Å²) in [5, 5.41) is 6.16. The maximum atomic E-state index is 13.3. The Kier molecular flexibility index (Phi) is 6.40. The van der Waals surface area contributed by atoms with E-state index in [1.54, 1.807) is 30.7 Å². The van der Waals surface area contributed by atoms with Crippen LogP contribution in [-0.2, 0) is 9.53 Å². The van der Waals surface area contributed by atoms with E-state index >= 15 is 0 Å². The van der Waals surface area contributed by atoms with E-state index < -0.39 is 18.5 Å². The zero-order valence-electron chi connectivity index (χ0n) is 19.8. The van der Waals surface area contributed by atoms with Crippen molar-refractivity contribution in [2.45, 2.75) is 45.1 Å². The lowest BCUT2D eigenvalue weighted by molar-refractivity contribution is -0.137. The quantitative estimate of drug-likeness (QED) is 0.412. The molecule has 7 nitrogen and oxygen atoms in total. The van der Waals surface area contributed by atoms with Crippen LogP contribution in [0.25, 0.3) is 6.08 Å². The number of carbonyl (C=O) groups is 2. The molecule has 0 radical (unpaired) electrons. The van der Waals surface area contributed by atoms with E-state index in [4.69, 9.17) is 18.7 Å². The van der Waals surface area contributed by atoms with E-state index in [2.05, 4.69) is 13.8 Å². The Morgan fingerprint density at radius 1 is 1.11 bits per heavy atom. The molecular weight excluding hydrogens is 444 g/mol. The lowest BCUT2D eigenvalue weighted by Gasteiger charge is -2.27. The summed E-state index contributed by atoms with van der Waals surface area (Å²) in [4.78, 5) is 25.8. The second kappa shape index (κ2) is 9.78. The molecule has 1 aliphatic carbocycles. The lowest BCUT2D eigenvalue weighted by Crippen LogP contribution is -2.34. The molecule has 1 aromatic carbocycles. The first-order chi connectivity index (χ1) is 17.0. The Bertz CT molecular complexity index is 1240. The fourth-order valence-corrected chi connectivity index (χ4v) is 4.77. The molecule has 3 heterocycles. The fraction of sp³-hybridized carbons (Fsp3) is 0.321. The summed E-state index contributed by atoms with van der Waals surface area (Å²) in [5.74, 6) is 0.852. The molecule has 5 rings (SSSR count). The van der Waals surface area contributed by atoms with Gasteiger partial charge in [0.05, 0.1) is 23.8 Å². The van der Waals surface area contributed by atoms with Gasteiger partial charge in [-0.15, -0.1) is 0 Å². The van der Waals surface area contributed by atoms with Crippen LogP contribution in [0, 0.1) is 5.92 Å². The van der Waals surface area contributed by atoms with Crippen molar-refractivity contribution in [3.63, 3.8) is 0 Å². The smallest absolute Gasteiger partial charge is 0.338 e. The number of fused-ring (bicyclic) bond motifs is 1. The van der Waals surface area contributed by atoms with Gasteiger partial charge in [0.15, 0.2) is 6.61 Å². The largest absolute Gasteiger partial charge is 0.467 e. The number of esters is 1. The average molecular weight is 473 g/mol. The summed E-state index contributed by atoms with van der Waals surface area (Å²) in [6.45, 7) is 3.78. The summed E-state index contributed by atoms with van der Waals surface area (Å²) in [6.07, 6.45) is 7.92. The topological polar surface area (TPSA) is 85.3 Å². The molecule has 2 unspecified atom stereocenters. The van der Waals surface area contributed by atoms with Gasteiger partial charge in [-0.3, -0.25) is 4.79 Å². The predicted octanol–water partition coefficient (Wildman–Crippen LogP) is 5.98. The minimum atomic E-state index is -0.536. The number of amides is 1. The van der Waals surface area contributed by atoms with E-state index in [9.17, 15) is 9.59 Å². The first kappa shape index (κ1) is 22.9. The van der Waals surface area contributed by atoms with Crippen molar-refractivity contribution in [1.82, 2.24) is 5.01 Å². The fourth-order valence-electron chi connectivity index (χ4n) is 4.77. The number of nitrogens with zero attached hydrogens (tertiary/aromatic N) is 2. The van der Waals surface area contributed by atoms with Gasteiger partial charge in [0.25, 0.3) is 5.91 Å². The van der Waals surface area contributed by atoms with Gasteiger partial charge in [0.2, 0.25) is 0 Å². The second-order valence-corrected chi connectivity index (χ2v) is 9.22. The number of benzene rings is 1. The highest BCUT2D eigenvalue weighted by atomic mass is 16.5. The van der Waals surface area contributed by atoms with Crippen molar-refractivity contribution in [1.29, 1.82) is 0 Å². The number of hydrazone groups is 1. The number of rotatable bonds is 6. The minimum Gasteiger partial charge on any atom is -0.467 e. The van der Waals surface area contributed by atoms with Gasteiger partial charge in [-0.2, -0.15) is 5.10 Å². The first-order valence-corrected chi connectivity index (χ1v) is 12.0. The second-order valence-electron chi connectivity index (χ2n) is 9.22. The molecule has 2 atom stereocenters. The molecule has 0 saturated heterocycles. The summed E-state index contributed by atoms with van der Waals surface area (Å²) < 4.78 is 16.6. The predicted molar refractivity (Wildman–Crippen MR) is 131 cm³/mol. The lowest BCUT2D eigenvalue weighted by atomic mass is 9.79. The van der Waals surface area contributed by atoms with Crippen molar-refractivity contribution >= 4 is 23.7 Å². The van der Waals surface area contributed by atoms with Crippen LogP contribution >= 0.6 is 0 Å². The molecule has 0 spiro atoms. The Morgan fingerprint density at radius 2 is 1.89 bits per heavy atom. The van der Waals surface area contributed by atoms with Crippen LogP contribution in [0.1, 0.15) is 72.5 Å². The van der Waals surface area contributed by atoms with Crippen LogP contribution in [-0.4, -0.2) is 29.2 Å². The summed E-state index contributed by atoms with van der Waals surface area (Å²) in [6, 6.07) is 14.3. The van der Waals surface area contributed by atoms with Crippen LogP contribution in [0.5, 0.6) is 0 Å². The molecule has 0 bridgehead atoms. The van der Waals surface area contributed by atoms with Crippen molar-refractivity contribution in [3.8, 4) is 0 Å². The zero-order valence-corrected chi connectivity index (χ0v) is 19.8. The molecule has 35 heavy (non-hydrogen) atoms. The monoisotopic (exact) mass is 472 g/mol. The molecular formula is C28H28N2O5. The summed E-state index contributed by atoms with van der Waals surface area (Å²) >= 11 is 0. The maximum Gasteiger partial charge on any atom is 0.338 e. The molecule has 180 valence electrons. The Hall–Kier alpha value is -3.87. The highest BCUT2D eigenvalue weighted by Crippen LogP contribution is 2.44. The van der Waals surface area contributed by atoms with Crippen molar-refractivity contribution in [3.05, 3.63) is 89.3 Å². The van der Waals surface area contributed by atoms with Gasteiger partial charge >= 0.3 is 5.97 Å². The molecule has 1 fully saturated rings. The standard InChI is InChI=1S/C28H28N2O5/c1-18(2)19-10-12-20(13-11-19)28(32)35-17-25(31)30-27(24-9-5-15-34-24)23-8-3-6-21(26(23)29-30)16-22-7-4-14-33-22/h4-5,7,9-16,18,23,27H,3,6,8,17H2,1-2H3. The van der Waals surface area contributed by atoms with Crippen LogP contribution < -0.4 is 0 Å². The molecule has 0 N–H and O–H groups in total. The summed E-state index contributed by atoms with van der Waals surface area (Å²) in [7, 11) is 0. The minimum absolute atomic E-state index is 0.000610. The van der Waals surface area contributed by atoms with Crippen LogP contribution in [0.3, 0.4) is 0 Å². The van der Waals surface area contributed by atoms with Gasteiger partial charge < -0.3 is 13.6 Å². The van der Waals surface area contributed by atoms with Gasteiger partial charge in [-0.25, -0.2) is 9.80 Å². The number of furan rings is 2. The van der Waals surface area contributed by atoms with Crippen LogP contribution in [0.4, 0.5) is 0 Å². The molecule has 1 aliphatic heterocycles. The van der Waals surface area contributed by atoms with Gasteiger partial charge in [0, 0.05) is 5.92 Å². The summed E-state index contributed by atoms with van der Waals surface area (Å²) in [5.41, 5.74) is 3.45. The van der Waals surface area contributed by atoms with Crippen LogP contribution in [0.2, 0.25) is 0 Å². The van der Waals surface area contributed by atoms with E-state index in [1.165, 1.54) is 5.01 Å². The normalized spacial score (nSPS) is 20.7. The van der Waals surface area contributed by atoms with E-state index in [-0.39, 0.29) is 12.0 Å². The zero-order chi connectivity index (χ0) is 24.4. The Morgan fingerprint density at radius 3 is 2.57 bits per heavy atom. The first-order valence-electron chi connectivity index (χ1n) is 12.0. The van der Waals surface area contributed by atoms with Crippen molar-refractivity contribution in [2.24, 2.45) is 11.0 Å². The highest BCUT2D eigenvalue weighted by Gasteiger charge is 2.45.